The Morgan fingerprint density at radius 2 is 1.58 bits per heavy atom. The quantitative estimate of drug-likeness (QED) is 0.838. The molecule has 0 heterocycles. The Morgan fingerprint density at radius 3 is 2.05 bits per heavy atom. The fourth-order valence-corrected chi connectivity index (χ4v) is 2.79. The molecule has 1 aromatic rings. The predicted molar refractivity (Wildman–Crippen MR) is 80.5 cm³/mol. The van der Waals surface area contributed by atoms with Gasteiger partial charge in [-0.05, 0) is 56.7 Å². The van der Waals surface area contributed by atoms with E-state index < -0.39 is 6.10 Å². The van der Waals surface area contributed by atoms with Crippen LogP contribution < -0.4 is 0 Å². The summed E-state index contributed by atoms with van der Waals surface area (Å²) in [6.45, 7) is 13.0. The van der Waals surface area contributed by atoms with Crippen LogP contribution in [-0.2, 0) is 4.74 Å². The van der Waals surface area contributed by atoms with Crippen molar-refractivity contribution in [2.24, 2.45) is 5.92 Å². The highest BCUT2D eigenvalue weighted by Gasteiger charge is 2.15. The Balaban J connectivity index is 2.66. The molecule has 0 fully saturated rings. The SMILES string of the molecule is Cc1cc(C)c(C(O)COC(C)CC(C)C)c(C)c1. The average molecular weight is 264 g/mol. The van der Waals surface area contributed by atoms with Crippen LogP contribution in [0.2, 0.25) is 0 Å². The van der Waals surface area contributed by atoms with E-state index in [0.29, 0.717) is 12.5 Å². The third-order valence-corrected chi connectivity index (χ3v) is 3.41. The van der Waals surface area contributed by atoms with Gasteiger partial charge in [-0.2, -0.15) is 0 Å². The number of ether oxygens (including phenoxy) is 1. The van der Waals surface area contributed by atoms with Crippen molar-refractivity contribution in [3.8, 4) is 0 Å². The van der Waals surface area contributed by atoms with Gasteiger partial charge in [-0.3, -0.25) is 0 Å². The highest BCUT2D eigenvalue weighted by Crippen LogP contribution is 2.24. The zero-order valence-electron chi connectivity index (χ0n) is 13.2. The molecule has 0 spiro atoms. The maximum Gasteiger partial charge on any atom is 0.103 e. The summed E-state index contributed by atoms with van der Waals surface area (Å²) in [6, 6.07) is 4.23. The molecular formula is C17H28O2. The van der Waals surface area contributed by atoms with Crippen LogP contribution in [0.15, 0.2) is 12.1 Å². The lowest BCUT2D eigenvalue weighted by atomic mass is 9.96. The summed E-state index contributed by atoms with van der Waals surface area (Å²) >= 11 is 0. The molecule has 2 atom stereocenters. The van der Waals surface area contributed by atoms with Crippen LogP contribution in [0, 0.1) is 26.7 Å². The summed E-state index contributed by atoms with van der Waals surface area (Å²) in [7, 11) is 0. The van der Waals surface area contributed by atoms with Crippen LogP contribution in [0.4, 0.5) is 0 Å². The lowest BCUT2D eigenvalue weighted by molar-refractivity contribution is -0.0105. The number of rotatable bonds is 6. The number of benzene rings is 1. The van der Waals surface area contributed by atoms with Crippen LogP contribution in [0.5, 0.6) is 0 Å². The van der Waals surface area contributed by atoms with Crippen molar-refractivity contribution in [2.75, 3.05) is 6.61 Å². The van der Waals surface area contributed by atoms with Gasteiger partial charge >= 0.3 is 0 Å². The number of aliphatic hydroxyl groups excluding tert-OH is 1. The fourth-order valence-electron chi connectivity index (χ4n) is 2.79. The highest BCUT2D eigenvalue weighted by molar-refractivity contribution is 5.38. The number of hydrogen-bond acceptors (Lipinski definition) is 2. The zero-order chi connectivity index (χ0) is 14.6. The zero-order valence-corrected chi connectivity index (χ0v) is 13.2. The monoisotopic (exact) mass is 264 g/mol. The van der Waals surface area contributed by atoms with E-state index in [9.17, 15) is 5.11 Å². The highest BCUT2D eigenvalue weighted by atomic mass is 16.5. The molecule has 0 aromatic heterocycles. The summed E-state index contributed by atoms with van der Waals surface area (Å²) in [5, 5.41) is 10.3. The van der Waals surface area contributed by atoms with Crippen LogP contribution in [-0.4, -0.2) is 17.8 Å². The van der Waals surface area contributed by atoms with E-state index in [1.54, 1.807) is 0 Å². The van der Waals surface area contributed by atoms with Gasteiger partial charge in [-0.25, -0.2) is 0 Å². The molecule has 0 bridgehead atoms. The van der Waals surface area contributed by atoms with Crippen molar-refractivity contribution in [2.45, 2.75) is 60.2 Å². The average Bonchev–Trinajstić information content (AvgIpc) is 2.23. The minimum atomic E-state index is -0.532. The molecule has 0 saturated heterocycles. The molecule has 0 amide bonds. The molecule has 0 saturated carbocycles. The van der Waals surface area contributed by atoms with E-state index >= 15 is 0 Å². The van der Waals surface area contributed by atoms with E-state index in [2.05, 4.69) is 53.7 Å². The molecule has 2 heteroatoms. The first kappa shape index (κ1) is 16.2. The van der Waals surface area contributed by atoms with Crippen molar-refractivity contribution < 1.29 is 9.84 Å². The van der Waals surface area contributed by atoms with Gasteiger partial charge < -0.3 is 9.84 Å². The first-order valence-electron chi connectivity index (χ1n) is 7.18. The number of aliphatic hydroxyl groups is 1. The minimum Gasteiger partial charge on any atom is -0.386 e. The summed E-state index contributed by atoms with van der Waals surface area (Å²) < 4.78 is 5.76. The van der Waals surface area contributed by atoms with Gasteiger partial charge in [0.05, 0.1) is 12.7 Å². The maximum atomic E-state index is 10.3. The summed E-state index contributed by atoms with van der Waals surface area (Å²) in [4.78, 5) is 0. The van der Waals surface area contributed by atoms with Crippen LogP contribution in [0.3, 0.4) is 0 Å². The van der Waals surface area contributed by atoms with Crippen molar-refractivity contribution in [1.29, 1.82) is 0 Å². The number of hydrogen-bond donors (Lipinski definition) is 1. The summed E-state index contributed by atoms with van der Waals surface area (Å²) in [6.07, 6.45) is 0.689. The van der Waals surface area contributed by atoms with Crippen LogP contribution in [0.25, 0.3) is 0 Å². The standard InChI is InChI=1S/C17H28O2/c1-11(2)7-15(6)19-10-16(18)17-13(4)8-12(3)9-14(17)5/h8-9,11,15-16,18H,7,10H2,1-6H3. The van der Waals surface area contributed by atoms with Gasteiger partial charge in [0.2, 0.25) is 0 Å². The maximum absolute atomic E-state index is 10.3. The normalized spacial score (nSPS) is 14.7. The molecule has 0 aliphatic rings. The first-order chi connectivity index (χ1) is 8.81. The first-order valence-corrected chi connectivity index (χ1v) is 7.18. The van der Waals surface area contributed by atoms with Crippen molar-refractivity contribution in [3.63, 3.8) is 0 Å². The van der Waals surface area contributed by atoms with Crippen molar-refractivity contribution >= 4 is 0 Å². The molecule has 1 rings (SSSR count). The molecule has 1 N–H and O–H groups in total. The molecule has 1 aromatic carbocycles. The van der Waals surface area contributed by atoms with E-state index in [0.717, 1.165) is 23.1 Å². The molecule has 0 aliphatic heterocycles. The van der Waals surface area contributed by atoms with Crippen LogP contribution in [0.1, 0.15) is 55.5 Å². The molecule has 0 aliphatic carbocycles. The van der Waals surface area contributed by atoms with Crippen molar-refractivity contribution in [3.05, 3.63) is 34.4 Å². The van der Waals surface area contributed by atoms with E-state index in [-0.39, 0.29) is 6.10 Å². The second-order valence-corrected chi connectivity index (χ2v) is 6.10. The second-order valence-electron chi connectivity index (χ2n) is 6.10. The topological polar surface area (TPSA) is 29.5 Å². The third kappa shape index (κ3) is 4.96. The molecule has 2 unspecified atom stereocenters. The predicted octanol–water partition coefficient (Wildman–Crippen LogP) is 4.10. The lowest BCUT2D eigenvalue weighted by Crippen LogP contribution is -2.17. The molecule has 2 nitrogen and oxygen atoms in total. The Morgan fingerprint density at radius 1 is 1.05 bits per heavy atom. The van der Waals surface area contributed by atoms with Gasteiger partial charge in [0.1, 0.15) is 6.10 Å². The van der Waals surface area contributed by atoms with E-state index in [4.69, 9.17) is 4.74 Å². The molecule has 19 heavy (non-hydrogen) atoms. The third-order valence-electron chi connectivity index (χ3n) is 3.41. The Bertz CT molecular complexity index is 387. The number of aryl methyl sites for hydroxylation is 3. The molecule has 108 valence electrons. The fraction of sp³-hybridized carbons (Fsp3) is 0.647. The Labute approximate surface area is 117 Å². The van der Waals surface area contributed by atoms with Gasteiger partial charge in [0.25, 0.3) is 0 Å². The minimum absolute atomic E-state index is 0.195. The summed E-state index contributed by atoms with van der Waals surface area (Å²) in [5.74, 6) is 0.620. The second kappa shape index (κ2) is 7.06. The van der Waals surface area contributed by atoms with E-state index in [1.807, 2.05) is 0 Å². The van der Waals surface area contributed by atoms with Gasteiger partial charge in [-0.1, -0.05) is 31.5 Å². The summed E-state index contributed by atoms with van der Waals surface area (Å²) in [5.41, 5.74) is 4.54. The van der Waals surface area contributed by atoms with Gasteiger partial charge in [0, 0.05) is 0 Å². The van der Waals surface area contributed by atoms with E-state index in [1.165, 1.54) is 5.56 Å². The largest absolute Gasteiger partial charge is 0.386 e. The molecular weight excluding hydrogens is 236 g/mol. The van der Waals surface area contributed by atoms with Crippen molar-refractivity contribution in [1.82, 2.24) is 0 Å². The lowest BCUT2D eigenvalue weighted by Gasteiger charge is -2.21. The smallest absolute Gasteiger partial charge is 0.103 e. The van der Waals surface area contributed by atoms with Gasteiger partial charge in [-0.15, -0.1) is 0 Å². The van der Waals surface area contributed by atoms with Crippen LogP contribution >= 0.6 is 0 Å². The van der Waals surface area contributed by atoms with Gasteiger partial charge in [0.15, 0.2) is 0 Å². The molecule has 0 radical (unpaired) electrons. The Kier molecular flexibility index (Phi) is 6.02. The Hall–Kier alpha value is -0.860.